The van der Waals surface area contributed by atoms with E-state index in [1.807, 2.05) is 13.8 Å². The standard InChI is InChI=1S/C22H34O5/c1-17(2)13-7-9-19(17,5)21(25,11-13)15(23)27-16(24)22(26)12-14-8-10-20(22,6)18(14,3)4/h13-14,25-26H,7-12H2,1-6H3. The Balaban J connectivity index is 1.59. The van der Waals surface area contributed by atoms with Gasteiger partial charge in [0.2, 0.25) is 0 Å². The minimum absolute atomic E-state index is 0.193. The maximum Gasteiger partial charge on any atom is 0.346 e. The summed E-state index contributed by atoms with van der Waals surface area (Å²) in [7, 11) is 0. The lowest BCUT2D eigenvalue weighted by Crippen LogP contribution is -2.58. The molecule has 0 aromatic heterocycles. The number of ether oxygens (including phenoxy) is 1. The Labute approximate surface area is 161 Å². The number of carbonyl (C=O) groups is 2. The van der Waals surface area contributed by atoms with Crippen LogP contribution in [0.2, 0.25) is 0 Å². The lowest BCUT2D eigenvalue weighted by molar-refractivity contribution is -0.203. The second kappa shape index (κ2) is 4.96. The highest BCUT2D eigenvalue weighted by Gasteiger charge is 2.74. The van der Waals surface area contributed by atoms with Crippen molar-refractivity contribution in [2.45, 2.75) is 91.3 Å². The zero-order chi connectivity index (χ0) is 20.3. The van der Waals surface area contributed by atoms with E-state index in [-0.39, 0.29) is 22.7 Å². The third-order valence-corrected chi connectivity index (χ3v) is 10.6. The van der Waals surface area contributed by atoms with Gasteiger partial charge in [-0.1, -0.05) is 41.5 Å². The van der Waals surface area contributed by atoms with Crippen LogP contribution in [0.5, 0.6) is 0 Å². The Morgan fingerprint density at radius 1 is 0.741 bits per heavy atom. The van der Waals surface area contributed by atoms with Gasteiger partial charge in [0.05, 0.1) is 0 Å². The molecule has 5 heteroatoms. The third kappa shape index (κ3) is 1.84. The highest BCUT2D eigenvalue weighted by atomic mass is 16.6. The van der Waals surface area contributed by atoms with Crippen LogP contribution in [0.3, 0.4) is 0 Å². The van der Waals surface area contributed by atoms with Crippen molar-refractivity contribution in [3.8, 4) is 0 Å². The first-order valence-electron chi connectivity index (χ1n) is 10.4. The average Bonchev–Trinajstić information content (AvgIpc) is 3.05. The Bertz CT molecular complexity index is 666. The van der Waals surface area contributed by atoms with Gasteiger partial charge in [-0.25, -0.2) is 9.59 Å². The van der Waals surface area contributed by atoms with E-state index in [2.05, 4.69) is 27.7 Å². The van der Waals surface area contributed by atoms with Gasteiger partial charge in [0.15, 0.2) is 11.2 Å². The Morgan fingerprint density at radius 3 is 1.30 bits per heavy atom. The van der Waals surface area contributed by atoms with Crippen molar-refractivity contribution >= 4 is 11.9 Å². The van der Waals surface area contributed by atoms with E-state index >= 15 is 0 Å². The number of hydrogen-bond acceptors (Lipinski definition) is 5. The number of fused-ring (bicyclic) bond motifs is 4. The number of rotatable bonds is 2. The van der Waals surface area contributed by atoms with Crippen molar-refractivity contribution in [3.05, 3.63) is 0 Å². The lowest BCUT2D eigenvalue weighted by Gasteiger charge is -2.45. The van der Waals surface area contributed by atoms with Crippen LogP contribution < -0.4 is 0 Å². The second-order valence-electron chi connectivity index (χ2n) is 11.4. The summed E-state index contributed by atoms with van der Waals surface area (Å²) in [5.41, 5.74) is -4.97. The normalized spacial score (nSPS) is 51.6. The molecule has 0 heterocycles. The van der Waals surface area contributed by atoms with Crippen molar-refractivity contribution in [2.75, 3.05) is 0 Å². The fourth-order valence-corrected chi connectivity index (χ4v) is 7.42. The Kier molecular flexibility index (Phi) is 3.56. The van der Waals surface area contributed by atoms with Crippen LogP contribution in [0, 0.1) is 33.5 Å². The first kappa shape index (κ1) is 19.4. The predicted octanol–water partition coefficient (Wildman–Crippen LogP) is 3.21. The summed E-state index contributed by atoms with van der Waals surface area (Å²) in [4.78, 5) is 26.1. The van der Waals surface area contributed by atoms with Crippen molar-refractivity contribution in [2.24, 2.45) is 33.5 Å². The van der Waals surface area contributed by atoms with Gasteiger partial charge in [-0.2, -0.15) is 0 Å². The zero-order valence-electron chi connectivity index (χ0n) is 17.5. The molecule has 0 spiro atoms. The molecule has 0 radical (unpaired) electrons. The van der Waals surface area contributed by atoms with E-state index in [4.69, 9.17) is 4.74 Å². The summed E-state index contributed by atoms with van der Waals surface area (Å²) in [5.74, 6) is -1.28. The highest BCUT2D eigenvalue weighted by Crippen LogP contribution is 2.71. The molecule has 5 nitrogen and oxygen atoms in total. The van der Waals surface area contributed by atoms with Crippen molar-refractivity contribution in [3.63, 3.8) is 0 Å². The molecule has 4 aliphatic carbocycles. The number of aliphatic hydroxyl groups is 2. The molecule has 0 aliphatic heterocycles. The first-order chi connectivity index (χ1) is 12.2. The van der Waals surface area contributed by atoms with E-state index in [9.17, 15) is 19.8 Å². The molecule has 4 fully saturated rings. The van der Waals surface area contributed by atoms with Crippen molar-refractivity contribution in [1.82, 2.24) is 0 Å². The number of hydrogen-bond donors (Lipinski definition) is 2. The molecule has 27 heavy (non-hydrogen) atoms. The fraction of sp³-hybridized carbons (Fsp3) is 0.909. The van der Waals surface area contributed by atoms with Gasteiger partial charge in [0, 0.05) is 10.8 Å². The van der Waals surface area contributed by atoms with E-state index in [0.717, 1.165) is 25.7 Å². The molecule has 4 saturated carbocycles. The smallest absolute Gasteiger partial charge is 0.346 e. The predicted molar refractivity (Wildman–Crippen MR) is 99.5 cm³/mol. The molecule has 6 atom stereocenters. The van der Waals surface area contributed by atoms with Gasteiger partial charge in [-0.15, -0.1) is 0 Å². The highest BCUT2D eigenvalue weighted by molar-refractivity contribution is 5.95. The molecule has 6 unspecified atom stereocenters. The van der Waals surface area contributed by atoms with E-state index in [0.29, 0.717) is 12.8 Å². The Morgan fingerprint density at radius 2 is 1.07 bits per heavy atom. The lowest BCUT2D eigenvalue weighted by atomic mass is 9.64. The van der Waals surface area contributed by atoms with Crippen molar-refractivity contribution < 1.29 is 24.5 Å². The van der Waals surface area contributed by atoms with Crippen LogP contribution in [0.1, 0.15) is 80.1 Å². The molecule has 4 rings (SSSR count). The second-order valence-corrected chi connectivity index (χ2v) is 11.4. The van der Waals surface area contributed by atoms with Crippen molar-refractivity contribution in [1.29, 1.82) is 0 Å². The number of carbonyl (C=O) groups excluding carboxylic acids is 2. The average molecular weight is 379 g/mol. The molecule has 0 amide bonds. The summed E-state index contributed by atoms with van der Waals surface area (Å²) in [6.45, 7) is 12.2. The van der Waals surface area contributed by atoms with Gasteiger partial charge >= 0.3 is 11.9 Å². The molecule has 4 aliphatic rings. The summed E-state index contributed by atoms with van der Waals surface area (Å²) < 4.78 is 5.27. The minimum Gasteiger partial charge on any atom is -0.389 e. The van der Waals surface area contributed by atoms with Crippen LogP contribution in [0.25, 0.3) is 0 Å². The monoisotopic (exact) mass is 378 g/mol. The zero-order valence-corrected chi connectivity index (χ0v) is 17.5. The van der Waals surface area contributed by atoms with Gasteiger partial charge in [-0.3, -0.25) is 0 Å². The van der Waals surface area contributed by atoms with Gasteiger partial charge < -0.3 is 14.9 Å². The molecule has 152 valence electrons. The number of esters is 2. The van der Waals surface area contributed by atoms with Crippen LogP contribution in [-0.2, 0) is 14.3 Å². The van der Waals surface area contributed by atoms with E-state index in [1.165, 1.54) is 0 Å². The molecule has 0 aromatic rings. The fourth-order valence-electron chi connectivity index (χ4n) is 7.42. The summed E-state index contributed by atoms with van der Waals surface area (Å²) in [6.07, 6.45) is 4.08. The van der Waals surface area contributed by atoms with E-state index in [1.54, 1.807) is 0 Å². The van der Waals surface area contributed by atoms with Gasteiger partial charge in [0.25, 0.3) is 0 Å². The minimum atomic E-state index is -1.67. The third-order valence-electron chi connectivity index (χ3n) is 10.6. The molecule has 0 aromatic carbocycles. The van der Waals surface area contributed by atoms with Gasteiger partial charge in [0.1, 0.15) is 0 Å². The topological polar surface area (TPSA) is 83.8 Å². The first-order valence-corrected chi connectivity index (χ1v) is 10.4. The van der Waals surface area contributed by atoms with Crippen LogP contribution in [0.15, 0.2) is 0 Å². The van der Waals surface area contributed by atoms with E-state index < -0.39 is 34.0 Å². The molecular weight excluding hydrogens is 344 g/mol. The Hall–Kier alpha value is -0.940. The molecular formula is C22H34O5. The largest absolute Gasteiger partial charge is 0.389 e. The molecule has 0 saturated heterocycles. The molecule has 2 N–H and O–H groups in total. The van der Waals surface area contributed by atoms with Gasteiger partial charge in [-0.05, 0) is 61.2 Å². The summed E-state index contributed by atoms with van der Waals surface area (Å²) >= 11 is 0. The quantitative estimate of drug-likeness (QED) is 0.569. The van der Waals surface area contributed by atoms with Crippen LogP contribution >= 0.6 is 0 Å². The van der Waals surface area contributed by atoms with Crippen LogP contribution in [-0.4, -0.2) is 33.4 Å². The molecule has 4 bridgehead atoms. The van der Waals surface area contributed by atoms with Crippen LogP contribution in [0.4, 0.5) is 0 Å². The summed E-state index contributed by atoms with van der Waals surface area (Å²) in [5, 5.41) is 22.6. The summed E-state index contributed by atoms with van der Waals surface area (Å²) in [6, 6.07) is 0. The SMILES string of the molecule is CC1(C)C2CCC1(C)C(O)(C(=O)OC(=O)C1(O)CC3CCC1(C)C3(C)C)C2. The maximum atomic E-state index is 13.0. The maximum absolute atomic E-state index is 13.0.